The summed E-state index contributed by atoms with van der Waals surface area (Å²) in [6.45, 7) is 19.7. The Morgan fingerprint density at radius 2 is 1.95 bits per heavy atom. The van der Waals surface area contributed by atoms with Crippen molar-refractivity contribution in [1.29, 1.82) is 0 Å². The summed E-state index contributed by atoms with van der Waals surface area (Å²) in [5.41, 5.74) is 0.230. The fraction of sp³-hybridized carbons (Fsp3) is 0.938. The zero-order valence-electron chi connectivity index (χ0n) is 14.5. The highest BCUT2D eigenvalue weighted by Crippen LogP contribution is 2.18. The summed E-state index contributed by atoms with van der Waals surface area (Å²) in [5.74, 6) is 1.63. The van der Waals surface area contributed by atoms with Crippen LogP contribution in [0.1, 0.15) is 48.5 Å². The van der Waals surface area contributed by atoms with Gasteiger partial charge in [-0.05, 0) is 32.1 Å². The second-order valence-electron chi connectivity index (χ2n) is 7.53. The Labute approximate surface area is 125 Å². The van der Waals surface area contributed by atoms with Crippen molar-refractivity contribution in [2.45, 2.75) is 60.5 Å². The van der Waals surface area contributed by atoms with Gasteiger partial charge in [0.2, 0.25) is 0 Å². The van der Waals surface area contributed by atoms with Gasteiger partial charge >= 0.3 is 0 Å². The Morgan fingerprint density at radius 3 is 2.40 bits per heavy atom. The molecule has 0 aromatic carbocycles. The summed E-state index contributed by atoms with van der Waals surface area (Å²) in [6.07, 6.45) is 0. The third-order valence-corrected chi connectivity index (χ3v) is 3.75. The molecule has 2 N–H and O–H groups in total. The minimum Gasteiger partial charge on any atom is -0.357 e. The molecule has 0 aromatic rings. The van der Waals surface area contributed by atoms with Crippen molar-refractivity contribution in [2.24, 2.45) is 16.3 Å². The SMILES string of the molecule is CCNC(=NCC(C)(C)C)NC1CN(C(C)C)CC1C. The van der Waals surface area contributed by atoms with Crippen molar-refractivity contribution in [2.75, 3.05) is 26.2 Å². The summed E-state index contributed by atoms with van der Waals surface area (Å²) >= 11 is 0. The number of guanidine groups is 1. The standard InChI is InChI=1S/C16H34N4/c1-8-17-15(18-11-16(5,6)7)19-14-10-20(12(2)3)9-13(14)4/h12-14H,8-11H2,1-7H3,(H2,17,18,19). The Balaban J connectivity index is 2.62. The van der Waals surface area contributed by atoms with Crippen LogP contribution in [-0.2, 0) is 0 Å². The first-order chi connectivity index (χ1) is 9.23. The lowest BCUT2D eigenvalue weighted by Gasteiger charge is -2.23. The van der Waals surface area contributed by atoms with E-state index in [1.165, 1.54) is 6.54 Å². The van der Waals surface area contributed by atoms with E-state index in [9.17, 15) is 0 Å². The van der Waals surface area contributed by atoms with E-state index in [2.05, 4.69) is 64.0 Å². The Bertz CT molecular complexity index is 317. The first kappa shape index (κ1) is 17.3. The van der Waals surface area contributed by atoms with Crippen LogP contribution in [0.15, 0.2) is 4.99 Å². The predicted molar refractivity (Wildman–Crippen MR) is 88.2 cm³/mol. The average Bonchev–Trinajstić information content (AvgIpc) is 2.67. The zero-order chi connectivity index (χ0) is 15.3. The van der Waals surface area contributed by atoms with E-state index < -0.39 is 0 Å². The van der Waals surface area contributed by atoms with Gasteiger partial charge in [0.05, 0.1) is 0 Å². The van der Waals surface area contributed by atoms with Crippen LogP contribution in [0.4, 0.5) is 0 Å². The second-order valence-corrected chi connectivity index (χ2v) is 7.53. The molecule has 1 rings (SSSR count). The van der Waals surface area contributed by atoms with Gasteiger partial charge in [-0.15, -0.1) is 0 Å². The average molecular weight is 282 g/mol. The molecular weight excluding hydrogens is 248 g/mol. The fourth-order valence-corrected chi connectivity index (χ4v) is 2.43. The van der Waals surface area contributed by atoms with Gasteiger partial charge in [0.25, 0.3) is 0 Å². The van der Waals surface area contributed by atoms with Crippen LogP contribution in [-0.4, -0.2) is 49.1 Å². The molecule has 20 heavy (non-hydrogen) atoms. The number of rotatable bonds is 4. The normalized spacial score (nSPS) is 25.3. The van der Waals surface area contributed by atoms with Gasteiger partial charge in [-0.25, -0.2) is 0 Å². The quantitative estimate of drug-likeness (QED) is 0.614. The molecule has 0 spiro atoms. The highest BCUT2D eigenvalue weighted by atomic mass is 15.3. The summed E-state index contributed by atoms with van der Waals surface area (Å²) < 4.78 is 0. The zero-order valence-corrected chi connectivity index (χ0v) is 14.5. The van der Waals surface area contributed by atoms with E-state index in [4.69, 9.17) is 4.99 Å². The second kappa shape index (κ2) is 7.30. The number of nitrogens with one attached hydrogen (secondary N) is 2. The molecule has 4 nitrogen and oxygen atoms in total. The van der Waals surface area contributed by atoms with Gasteiger partial charge in [-0.2, -0.15) is 0 Å². The number of likely N-dealkylation sites (tertiary alicyclic amines) is 1. The van der Waals surface area contributed by atoms with E-state index in [1.54, 1.807) is 0 Å². The van der Waals surface area contributed by atoms with Crippen LogP contribution in [0.3, 0.4) is 0 Å². The molecule has 0 saturated carbocycles. The van der Waals surface area contributed by atoms with Crippen LogP contribution in [0.5, 0.6) is 0 Å². The highest BCUT2D eigenvalue weighted by Gasteiger charge is 2.31. The van der Waals surface area contributed by atoms with Crippen LogP contribution >= 0.6 is 0 Å². The van der Waals surface area contributed by atoms with Crippen molar-refractivity contribution in [1.82, 2.24) is 15.5 Å². The molecule has 118 valence electrons. The lowest BCUT2D eigenvalue weighted by Crippen LogP contribution is -2.47. The van der Waals surface area contributed by atoms with Crippen LogP contribution in [0.2, 0.25) is 0 Å². The van der Waals surface area contributed by atoms with Crippen LogP contribution in [0, 0.1) is 11.3 Å². The van der Waals surface area contributed by atoms with E-state index in [0.717, 1.165) is 25.6 Å². The molecule has 0 aliphatic carbocycles. The number of hydrogen-bond acceptors (Lipinski definition) is 2. The van der Waals surface area contributed by atoms with E-state index in [0.29, 0.717) is 18.0 Å². The van der Waals surface area contributed by atoms with Crippen LogP contribution < -0.4 is 10.6 Å². The Hall–Kier alpha value is -0.770. The molecule has 1 fully saturated rings. The van der Waals surface area contributed by atoms with Gasteiger partial charge in [-0.1, -0.05) is 27.7 Å². The van der Waals surface area contributed by atoms with E-state index in [1.807, 2.05) is 0 Å². The molecule has 1 aliphatic rings. The van der Waals surface area contributed by atoms with Crippen molar-refractivity contribution in [3.8, 4) is 0 Å². The van der Waals surface area contributed by atoms with Crippen molar-refractivity contribution in [3.63, 3.8) is 0 Å². The van der Waals surface area contributed by atoms with E-state index >= 15 is 0 Å². The molecule has 0 radical (unpaired) electrons. The lowest BCUT2D eigenvalue weighted by atomic mass is 9.97. The fourth-order valence-electron chi connectivity index (χ4n) is 2.43. The van der Waals surface area contributed by atoms with Gasteiger partial charge in [-0.3, -0.25) is 9.89 Å². The molecule has 1 aliphatic heterocycles. The van der Waals surface area contributed by atoms with Crippen LogP contribution in [0.25, 0.3) is 0 Å². The summed E-state index contributed by atoms with van der Waals surface area (Å²) in [5, 5.41) is 6.99. The number of nitrogens with zero attached hydrogens (tertiary/aromatic N) is 2. The molecule has 0 bridgehead atoms. The lowest BCUT2D eigenvalue weighted by molar-refractivity contribution is 0.265. The molecule has 4 heteroatoms. The minimum absolute atomic E-state index is 0.230. The maximum absolute atomic E-state index is 4.73. The minimum atomic E-state index is 0.230. The first-order valence-corrected chi connectivity index (χ1v) is 8.02. The maximum atomic E-state index is 4.73. The summed E-state index contributed by atoms with van der Waals surface area (Å²) in [7, 11) is 0. The number of aliphatic imine (C=N–C) groups is 1. The molecule has 0 amide bonds. The van der Waals surface area contributed by atoms with Gasteiger partial charge in [0.15, 0.2) is 5.96 Å². The Morgan fingerprint density at radius 1 is 1.30 bits per heavy atom. The monoisotopic (exact) mass is 282 g/mol. The van der Waals surface area contributed by atoms with Crippen molar-refractivity contribution in [3.05, 3.63) is 0 Å². The van der Waals surface area contributed by atoms with E-state index in [-0.39, 0.29) is 5.41 Å². The molecule has 2 unspecified atom stereocenters. The van der Waals surface area contributed by atoms with Crippen molar-refractivity contribution < 1.29 is 0 Å². The number of hydrogen-bond donors (Lipinski definition) is 2. The molecule has 0 aromatic heterocycles. The Kier molecular flexibility index (Phi) is 6.31. The van der Waals surface area contributed by atoms with Gasteiger partial charge in [0.1, 0.15) is 0 Å². The summed E-state index contributed by atoms with van der Waals surface area (Å²) in [6, 6.07) is 1.12. The first-order valence-electron chi connectivity index (χ1n) is 8.02. The topological polar surface area (TPSA) is 39.7 Å². The smallest absolute Gasteiger partial charge is 0.191 e. The third kappa shape index (κ3) is 5.70. The van der Waals surface area contributed by atoms with Gasteiger partial charge < -0.3 is 10.6 Å². The highest BCUT2D eigenvalue weighted by molar-refractivity contribution is 5.80. The van der Waals surface area contributed by atoms with Gasteiger partial charge in [0, 0.05) is 38.3 Å². The largest absolute Gasteiger partial charge is 0.357 e. The predicted octanol–water partition coefficient (Wildman–Crippen LogP) is 2.32. The summed E-state index contributed by atoms with van der Waals surface area (Å²) in [4.78, 5) is 7.27. The molecule has 2 atom stereocenters. The van der Waals surface area contributed by atoms with Crippen molar-refractivity contribution >= 4 is 5.96 Å². The maximum Gasteiger partial charge on any atom is 0.191 e. The third-order valence-electron chi connectivity index (χ3n) is 3.75. The molecule has 1 saturated heterocycles. The molecular formula is C16H34N4. The molecule has 1 heterocycles.